The molecule has 2 aromatic carbocycles. The van der Waals surface area contributed by atoms with Crippen LogP contribution in [0.4, 0.5) is 0 Å². The van der Waals surface area contributed by atoms with Crippen LogP contribution < -0.4 is 5.43 Å². The van der Waals surface area contributed by atoms with Crippen molar-refractivity contribution in [2.45, 2.75) is 0 Å². The van der Waals surface area contributed by atoms with Gasteiger partial charge < -0.3 is 5.11 Å². The van der Waals surface area contributed by atoms with Crippen molar-refractivity contribution in [1.82, 2.24) is 5.43 Å². The number of hydrazone groups is 1. The van der Waals surface area contributed by atoms with Crippen molar-refractivity contribution < 1.29 is 9.90 Å². The van der Waals surface area contributed by atoms with Crippen molar-refractivity contribution in [3.05, 3.63) is 62.2 Å². The summed E-state index contributed by atoms with van der Waals surface area (Å²) >= 11 is 7.97. The third-order valence-electron chi connectivity index (χ3n) is 2.47. The Kier molecular flexibility index (Phi) is 4.97. The molecule has 0 bridgehead atoms. The van der Waals surface area contributed by atoms with Crippen LogP contribution in [0.3, 0.4) is 0 Å². The Morgan fingerprint density at radius 2 is 1.95 bits per heavy atom. The Bertz CT molecular complexity index is 657. The lowest BCUT2D eigenvalue weighted by Crippen LogP contribution is -2.17. The van der Waals surface area contributed by atoms with Gasteiger partial charge >= 0.3 is 0 Å². The summed E-state index contributed by atoms with van der Waals surface area (Å²) in [4.78, 5) is 11.8. The maximum absolute atomic E-state index is 11.8. The molecule has 0 spiro atoms. The fourth-order valence-electron chi connectivity index (χ4n) is 1.46. The summed E-state index contributed by atoms with van der Waals surface area (Å²) in [6.45, 7) is 0. The van der Waals surface area contributed by atoms with E-state index >= 15 is 0 Å². The molecule has 1 amide bonds. The third kappa shape index (κ3) is 3.94. The zero-order valence-electron chi connectivity index (χ0n) is 10.2. The van der Waals surface area contributed by atoms with Crippen LogP contribution in [0.1, 0.15) is 15.9 Å². The summed E-state index contributed by atoms with van der Waals surface area (Å²) in [5.74, 6) is -0.277. The molecular weight excluding hydrogens is 391 g/mol. The number of carbonyl (C=O) groups is 1. The van der Waals surface area contributed by atoms with Crippen LogP contribution in [0.5, 0.6) is 5.75 Å². The lowest BCUT2D eigenvalue weighted by Gasteiger charge is -2.01. The molecule has 0 unspecified atom stereocenters. The van der Waals surface area contributed by atoms with Gasteiger partial charge in [-0.05, 0) is 65.1 Å². The quantitative estimate of drug-likeness (QED) is 0.471. The Morgan fingerprint density at radius 3 is 2.65 bits per heavy atom. The highest BCUT2D eigenvalue weighted by Crippen LogP contribution is 2.19. The first-order valence-electron chi connectivity index (χ1n) is 5.64. The Labute approximate surface area is 134 Å². The number of nitrogens with zero attached hydrogens (tertiary/aromatic N) is 1. The molecule has 6 heteroatoms. The number of hydrogen-bond acceptors (Lipinski definition) is 3. The molecule has 0 atom stereocenters. The average Bonchev–Trinajstić information content (AvgIpc) is 2.43. The van der Waals surface area contributed by atoms with E-state index in [1.807, 2.05) is 12.1 Å². The predicted octanol–water partition coefficient (Wildman–Crippen LogP) is 3.41. The van der Waals surface area contributed by atoms with Crippen molar-refractivity contribution >= 4 is 46.3 Å². The molecular formula is C14H10ClIN2O2. The summed E-state index contributed by atoms with van der Waals surface area (Å²) in [5.41, 5.74) is 3.33. The van der Waals surface area contributed by atoms with Crippen molar-refractivity contribution in [1.29, 1.82) is 0 Å². The first-order valence-corrected chi connectivity index (χ1v) is 7.09. The van der Waals surface area contributed by atoms with E-state index in [2.05, 4.69) is 33.1 Å². The molecule has 20 heavy (non-hydrogen) atoms. The number of hydrogen-bond donors (Lipinski definition) is 2. The molecule has 0 aliphatic rings. The maximum Gasteiger partial charge on any atom is 0.271 e. The minimum atomic E-state index is -0.320. The van der Waals surface area contributed by atoms with Gasteiger partial charge in [-0.1, -0.05) is 11.6 Å². The molecule has 0 aliphatic heterocycles. The fourth-order valence-corrected chi connectivity index (χ4v) is 2.00. The van der Waals surface area contributed by atoms with Crippen molar-refractivity contribution in [2.24, 2.45) is 5.10 Å². The SMILES string of the molecule is O=C(N/N=C\c1cc(Cl)ccc1O)c1ccc(I)cc1. The topological polar surface area (TPSA) is 61.7 Å². The van der Waals surface area contributed by atoms with E-state index in [-0.39, 0.29) is 11.7 Å². The van der Waals surface area contributed by atoms with Gasteiger partial charge in [0.25, 0.3) is 5.91 Å². The van der Waals surface area contributed by atoms with Gasteiger partial charge in [0.1, 0.15) is 5.75 Å². The highest BCUT2D eigenvalue weighted by molar-refractivity contribution is 14.1. The van der Waals surface area contributed by atoms with Crippen LogP contribution in [-0.2, 0) is 0 Å². The van der Waals surface area contributed by atoms with Crippen LogP contribution in [0.25, 0.3) is 0 Å². The van der Waals surface area contributed by atoms with E-state index in [0.717, 1.165) is 3.57 Å². The van der Waals surface area contributed by atoms with Crippen LogP contribution in [-0.4, -0.2) is 17.2 Å². The second-order valence-electron chi connectivity index (χ2n) is 3.91. The van der Waals surface area contributed by atoms with E-state index in [4.69, 9.17) is 11.6 Å². The van der Waals surface area contributed by atoms with Crippen LogP contribution >= 0.6 is 34.2 Å². The highest BCUT2D eigenvalue weighted by Gasteiger charge is 2.03. The summed E-state index contributed by atoms with van der Waals surface area (Å²) in [6, 6.07) is 11.7. The second-order valence-corrected chi connectivity index (χ2v) is 5.59. The molecule has 0 radical (unpaired) electrons. The zero-order valence-corrected chi connectivity index (χ0v) is 13.1. The van der Waals surface area contributed by atoms with Crippen molar-refractivity contribution in [3.8, 4) is 5.75 Å². The largest absolute Gasteiger partial charge is 0.507 e. The number of halogens is 2. The van der Waals surface area contributed by atoms with E-state index in [0.29, 0.717) is 16.1 Å². The second kappa shape index (κ2) is 6.71. The zero-order chi connectivity index (χ0) is 14.5. The monoisotopic (exact) mass is 400 g/mol. The first-order chi connectivity index (χ1) is 9.56. The fraction of sp³-hybridized carbons (Fsp3) is 0. The smallest absolute Gasteiger partial charge is 0.271 e. The van der Waals surface area contributed by atoms with E-state index in [1.54, 1.807) is 24.3 Å². The highest BCUT2D eigenvalue weighted by atomic mass is 127. The van der Waals surface area contributed by atoms with E-state index in [9.17, 15) is 9.90 Å². The van der Waals surface area contributed by atoms with E-state index < -0.39 is 0 Å². The number of amides is 1. The van der Waals surface area contributed by atoms with Gasteiger partial charge in [0.2, 0.25) is 0 Å². The number of rotatable bonds is 3. The molecule has 0 heterocycles. The molecule has 2 rings (SSSR count). The summed E-state index contributed by atoms with van der Waals surface area (Å²) in [6.07, 6.45) is 1.34. The molecule has 0 aromatic heterocycles. The predicted molar refractivity (Wildman–Crippen MR) is 87.3 cm³/mol. The van der Waals surface area contributed by atoms with Gasteiger partial charge in [0, 0.05) is 19.7 Å². The van der Waals surface area contributed by atoms with Gasteiger partial charge in [-0.25, -0.2) is 5.43 Å². The molecule has 0 fully saturated rings. The molecule has 0 saturated carbocycles. The standard InChI is InChI=1S/C14H10ClIN2O2/c15-11-3-6-13(19)10(7-11)8-17-18-14(20)9-1-4-12(16)5-2-9/h1-8,19H,(H,18,20)/b17-8-. The van der Waals surface area contributed by atoms with Gasteiger partial charge in [-0.2, -0.15) is 5.10 Å². The molecule has 0 saturated heterocycles. The number of nitrogens with one attached hydrogen (secondary N) is 1. The third-order valence-corrected chi connectivity index (χ3v) is 3.42. The summed E-state index contributed by atoms with van der Waals surface area (Å²) < 4.78 is 1.05. The minimum absolute atomic E-state index is 0.0432. The normalized spacial score (nSPS) is 10.7. The lowest BCUT2D eigenvalue weighted by molar-refractivity contribution is 0.0955. The van der Waals surface area contributed by atoms with E-state index in [1.165, 1.54) is 12.3 Å². The summed E-state index contributed by atoms with van der Waals surface area (Å²) in [7, 11) is 0. The number of carbonyl (C=O) groups excluding carboxylic acids is 1. The van der Waals surface area contributed by atoms with Crippen molar-refractivity contribution in [2.75, 3.05) is 0 Å². The van der Waals surface area contributed by atoms with Crippen LogP contribution in [0.15, 0.2) is 47.6 Å². The van der Waals surface area contributed by atoms with Crippen molar-refractivity contribution in [3.63, 3.8) is 0 Å². The van der Waals surface area contributed by atoms with Crippen LogP contribution in [0.2, 0.25) is 5.02 Å². The van der Waals surface area contributed by atoms with Gasteiger partial charge in [-0.3, -0.25) is 4.79 Å². The van der Waals surface area contributed by atoms with Crippen LogP contribution in [0, 0.1) is 3.57 Å². The summed E-state index contributed by atoms with van der Waals surface area (Å²) in [5, 5.41) is 13.9. The number of benzene rings is 2. The first kappa shape index (κ1) is 14.8. The van der Waals surface area contributed by atoms with Gasteiger partial charge in [0.15, 0.2) is 0 Å². The number of phenolic OH excluding ortho intramolecular Hbond substituents is 1. The number of phenols is 1. The lowest BCUT2D eigenvalue weighted by atomic mass is 10.2. The molecule has 102 valence electrons. The Hall–Kier alpha value is -1.60. The number of aromatic hydroxyl groups is 1. The Morgan fingerprint density at radius 1 is 1.25 bits per heavy atom. The Balaban J connectivity index is 2.04. The molecule has 0 aliphatic carbocycles. The molecule has 2 N–H and O–H groups in total. The average molecular weight is 401 g/mol. The van der Waals surface area contributed by atoms with Gasteiger partial charge in [0.05, 0.1) is 6.21 Å². The molecule has 2 aromatic rings. The van der Waals surface area contributed by atoms with Gasteiger partial charge in [-0.15, -0.1) is 0 Å². The maximum atomic E-state index is 11.8. The molecule has 4 nitrogen and oxygen atoms in total. The minimum Gasteiger partial charge on any atom is -0.507 e.